The van der Waals surface area contributed by atoms with E-state index >= 15 is 0 Å². The molecular weight excluding hydrogens is 590 g/mol. The second kappa shape index (κ2) is 14.0. The number of carbonyl (C=O) groups is 2. The van der Waals surface area contributed by atoms with Gasteiger partial charge in [0.2, 0.25) is 21.8 Å². The monoisotopic (exact) mass is 629 g/mol. The molecule has 0 aliphatic heterocycles. The fourth-order valence-corrected chi connectivity index (χ4v) is 6.12. The molecular formula is C34H39N5O5S. The first-order valence-electron chi connectivity index (χ1n) is 15.2. The van der Waals surface area contributed by atoms with Crippen LogP contribution in [-0.4, -0.2) is 48.0 Å². The number of ether oxygens (including phenoxy) is 1. The number of nitrogens with zero attached hydrogens (tertiary/aromatic N) is 1. The third-order valence-electron chi connectivity index (χ3n) is 8.03. The summed E-state index contributed by atoms with van der Waals surface area (Å²) < 4.78 is 30.8. The topological polar surface area (TPSA) is 146 Å². The van der Waals surface area contributed by atoms with Gasteiger partial charge in [-0.1, -0.05) is 49.2 Å². The number of rotatable bonds is 14. The predicted octanol–water partition coefficient (Wildman–Crippen LogP) is 5.84. The molecule has 4 N–H and O–H groups in total. The van der Waals surface area contributed by atoms with Crippen molar-refractivity contribution in [3.05, 3.63) is 83.9 Å². The Hall–Kier alpha value is -4.64. The Morgan fingerprint density at radius 3 is 2.53 bits per heavy atom. The summed E-state index contributed by atoms with van der Waals surface area (Å²) in [5.74, 6) is 0.586. The molecule has 11 heteroatoms. The molecule has 0 aliphatic carbocycles. The lowest BCUT2D eigenvalue weighted by molar-refractivity contribution is -0.121. The highest BCUT2D eigenvalue weighted by atomic mass is 32.2. The van der Waals surface area contributed by atoms with Gasteiger partial charge in [-0.15, -0.1) is 0 Å². The molecule has 0 aliphatic rings. The lowest BCUT2D eigenvalue weighted by Crippen LogP contribution is -2.31. The van der Waals surface area contributed by atoms with E-state index in [1.807, 2.05) is 43.3 Å². The highest BCUT2D eigenvalue weighted by Crippen LogP contribution is 2.28. The summed E-state index contributed by atoms with van der Waals surface area (Å²) in [6.45, 7) is 3.44. The molecule has 2 amide bonds. The van der Waals surface area contributed by atoms with Crippen molar-refractivity contribution in [1.29, 1.82) is 0 Å². The van der Waals surface area contributed by atoms with Gasteiger partial charge in [-0.25, -0.2) is 13.4 Å². The average Bonchev–Trinajstić information content (AvgIpc) is 3.64. The Bertz CT molecular complexity index is 1930. The number of aromatic nitrogens is 3. The van der Waals surface area contributed by atoms with Crippen molar-refractivity contribution in [3.8, 4) is 17.0 Å². The Balaban J connectivity index is 1.30. The molecule has 0 radical (unpaired) electrons. The van der Waals surface area contributed by atoms with E-state index in [2.05, 4.69) is 49.3 Å². The molecule has 3 aromatic carbocycles. The van der Waals surface area contributed by atoms with Gasteiger partial charge in [0.15, 0.2) is 0 Å². The van der Waals surface area contributed by atoms with Crippen molar-refractivity contribution in [2.45, 2.75) is 58.4 Å². The number of hydrogen-bond donors (Lipinski definition) is 4. The zero-order valence-corrected chi connectivity index (χ0v) is 26.6. The van der Waals surface area contributed by atoms with Crippen LogP contribution in [0.4, 0.5) is 0 Å². The zero-order chi connectivity index (χ0) is 32.0. The smallest absolute Gasteiger partial charge is 0.234 e. The SMILES string of the molecule is CCS(=O)(=O)NC(=O)CCCCCC(NC(=O)Cc1c(C)[nH]c2ccc(OC)cc12)c1ncc(-c2ccc3ccccc3c2)[nH]1. The first-order valence-corrected chi connectivity index (χ1v) is 16.8. The average molecular weight is 630 g/mol. The number of fused-ring (bicyclic) bond motifs is 2. The second-order valence-electron chi connectivity index (χ2n) is 11.2. The molecule has 1 atom stereocenters. The number of aromatic amines is 2. The van der Waals surface area contributed by atoms with Crippen LogP contribution < -0.4 is 14.8 Å². The fourth-order valence-electron chi connectivity index (χ4n) is 5.52. The normalized spacial score (nSPS) is 12.3. The van der Waals surface area contributed by atoms with Gasteiger partial charge in [0.1, 0.15) is 11.6 Å². The van der Waals surface area contributed by atoms with Gasteiger partial charge in [0.25, 0.3) is 0 Å². The third kappa shape index (κ3) is 7.91. The van der Waals surface area contributed by atoms with Crippen molar-refractivity contribution in [2.75, 3.05) is 12.9 Å². The van der Waals surface area contributed by atoms with E-state index in [0.29, 0.717) is 31.5 Å². The van der Waals surface area contributed by atoms with Gasteiger partial charge in [-0.2, -0.15) is 0 Å². The lowest BCUT2D eigenvalue weighted by Gasteiger charge is -2.17. The number of sulfonamides is 1. The molecule has 1 unspecified atom stereocenters. The number of benzene rings is 3. The second-order valence-corrected chi connectivity index (χ2v) is 13.2. The van der Waals surface area contributed by atoms with Crippen LogP contribution in [0.2, 0.25) is 0 Å². The maximum absolute atomic E-state index is 13.5. The Labute approximate surface area is 263 Å². The van der Waals surface area contributed by atoms with Crippen LogP contribution in [0.3, 0.4) is 0 Å². The number of nitrogens with one attached hydrogen (secondary N) is 4. The van der Waals surface area contributed by atoms with Crippen molar-refractivity contribution >= 4 is 43.5 Å². The number of unbranched alkanes of at least 4 members (excludes halogenated alkanes) is 2. The van der Waals surface area contributed by atoms with E-state index in [1.54, 1.807) is 13.3 Å². The van der Waals surface area contributed by atoms with Crippen LogP contribution in [0, 0.1) is 6.92 Å². The quantitative estimate of drug-likeness (QED) is 0.114. The fraction of sp³-hybridized carbons (Fsp3) is 0.324. The van der Waals surface area contributed by atoms with Crippen LogP contribution in [0.5, 0.6) is 5.75 Å². The highest BCUT2D eigenvalue weighted by molar-refractivity contribution is 7.90. The van der Waals surface area contributed by atoms with Crippen LogP contribution >= 0.6 is 0 Å². The molecule has 0 spiro atoms. The molecule has 2 heterocycles. The summed E-state index contributed by atoms with van der Waals surface area (Å²) in [4.78, 5) is 37.0. The summed E-state index contributed by atoms with van der Waals surface area (Å²) >= 11 is 0. The van der Waals surface area contributed by atoms with Crippen LogP contribution in [0.25, 0.3) is 32.9 Å². The number of methoxy groups -OCH3 is 1. The molecule has 236 valence electrons. The van der Waals surface area contributed by atoms with E-state index < -0.39 is 15.9 Å². The summed E-state index contributed by atoms with van der Waals surface area (Å²) in [5.41, 5.74) is 4.61. The summed E-state index contributed by atoms with van der Waals surface area (Å²) in [7, 11) is -1.95. The maximum atomic E-state index is 13.5. The van der Waals surface area contributed by atoms with Gasteiger partial charge in [-0.3, -0.25) is 14.3 Å². The first kappa shape index (κ1) is 31.8. The largest absolute Gasteiger partial charge is 0.497 e. The Morgan fingerprint density at radius 2 is 1.76 bits per heavy atom. The Morgan fingerprint density at radius 1 is 0.956 bits per heavy atom. The van der Waals surface area contributed by atoms with Gasteiger partial charge < -0.3 is 20.0 Å². The first-order chi connectivity index (χ1) is 21.7. The van der Waals surface area contributed by atoms with Gasteiger partial charge in [0, 0.05) is 28.6 Å². The molecule has 5 aromatic rings. The van der Waals surface area contributed by atoms with E-state index in [0.717, 1.165) is 49.9 Å². The molecule has 2 aromatic heterocycles. The number of H-pyrrole nitrogens is 2. The molecule has 0 bridgehead atoms. The summed E-state index contributed by atoms with van der Waals surface area (Å²) in [6, 6.07) is 19.8. The summed E-state index contributed by atoms with van der Waals surface area (Å²) in [5, 5.41) is 6.40. The zero-order valence-electron chi connectivity index (χ0n) is 25.8. The molecule has 10 nitrogen and oxygen atoms in total. The number of hydrogen-bond acceptors (Lipinski definition) is 6. The highest BCUT2D eigenvalue weighted by Gasteiger charge is 2.21. The van der Waals surface area contributed by atoms with Gasteiger partial charge in [-0.05, 0) is 67.3 Å². The van der Waals surface area contributed by atoms with Crippen molar-refractivity contribution < 1.29 is 22.7 Å². The summed E-state index contributed by atoms with van der Waals surface area (Å²) in [6.07, 6.45) is 4.59. The van der Waals surface area contributed by atoms with E-state index in [-0.39, 0.29) is 30.5 Å². The number of imidazole rings is 1. The number of aryl methyl sites for hydroxylation is 1. The lowest BCUT2D eigenvalue weighted by atomic mass is 10.0. The standard InChI is InChI=1S/C34H39N5O5S/c1-4-45(42,43)39-32(40)13-7-5-6-12-30(34-35-21-31(38-34)25-15-14-23-10-8-9-11-24(23)18-25)37-33(41)20-27-22(2)36-29-17-16-26(44-3)19-28(27)29/h8-11,14-19,21,30,36H,4-7,12-13,20H2,1-3H3,(H,35,38)(H,37,41)(H,39,40). The molecule has 0 fully saturated rings. The van der Waals surface area contributed by atoms with Crippen LogP contribution in [-0.2, 0) is 26.0 Å². The third-order valence-corrected chi connectivity index (χ3v) is 9.33. The Kier molecular flexibility index (Phi) is 9.87. The molecule has 45 heavy (non-hydrogen) atoms. The van der Waals surface area contributed by atoms with Crippen molar-refractivity contribution in [2.24, 2.45) is 0 Å². The van der Waals surface area contributed by atoms with E-state index in [4.69, 9.17) is 4.74 Å². The number of amides is 2. The number of carbonyl (C=O) groups excluding carboxylic acids is 2. The van der Waals surface area contributed by atoms with E-state index in [1.165, 1.54) is 6.92 Å². The predicted molar refractivity (Wildman–Crippen MR) is 176 cm³/mol. The maximum Gasteiger partial charge on any atom is 0.234 e. The molecule has 0 saturated carbocycles. The molecule has 5 rings (SSSR count). The minimum atomic E-state index is -3.57. The van der Waals surface area contributed by atoms with Crippen LogP contribution in [0.1, 0.15) is 62.2 Å². The van der Waals surface area contributed by atoms with Gasteiger partial charge >= 0.3 is 0 Å². The van der Waals surface area contributed by atoms with Crippen molar-refractivity contribution in [1.82, 2.24) is 25.0 Å². The minimum absolute atomic E-state index is 0.117. The van der Waals surface area contributed by atoms with Gasteiger partial charge in [0.05, 0.1) is 37.2 Å². The van der Waals surface area contributed by atoms with E-state index in [9.17, 15) is 18.0 Å². The molecule has 0 saturated heterocycles. The van der Waals surface area contributed by atoms with Crippen LogP contribution in [0.15, 0.2) is 66.9 Å². The van der Waals surface area contributed by atoms with Crippen molar-refractivity contribution in [3.63, 3.8) is 0 Å². The minimum Gasteiger partial charge on any atom is -0.497 e.